The van der Waals surface area contributed by atoms with Crippen LogP contribution in [0.5, 0.6) is 0 Å². The lowest BCUT2D eigenvalue weighted by molar-refractivity contribution is -0.119. The van der Waals surface area contributed by atoms with Crippen LogP contribution in [0.4, 0.5) is 9.18 Å². The summed E-state index contributed by atoms with van der Waals surface area (Å²) < 4.78 is 19.2. The third-order valence-corrected chi connectivity index (χ3v) is 6.32. The lowest BCUT2D eigenvalue weighted by Crippen LogP contribution is -2.40. The fraction of sp³-hybridized carbons (Fsp3) is 0.304. The van der Waals surface area contributed by atoms with Gasteiger partial charge in [-0.05, 0) is 35.7 Å². The van der Waals surface area contributed by atoms with Gasteiger partial charge in [-0.15, -0.1) is 0 Å². The van der Waals surface area contributed by atoms with E-state index in [0.29, 0.717) is 18.6 Å². The molecule has 0 bridgehead atoms. The molecule has 2 aliphatic rings. The zero-order valence-corrected chi connectivity index (χ0v) is 16.3. The summed E-state index contributed by atoms with van der Waals surface area (Å²) in [5.74, 6) is -0.368. The molecule has 0 saturated carbocycles. The maximum Gasteiger partial charge on any atom is 0.410 e. The lowest BCUT2D eigenvalue weighted by atomic mass is 9.91. The number of fused-ring (bicyclic) bond motifs is 2. The quantitative estimate of drug-likeness (QED) is 0.672. The van der Waals surface area contributed by atoms with Crippen LogP contribution in [0, 0.1) is 5.82 Å². The van der Waals surface area contributed by atoms with Crippen molar-refractivity contribution in [2.24, 2.45) is 0 Å². The second kappa shape index (κ2) is 7.48. The Morgan fingerprint density at radius 3 is 2.87 bits per heavy atom. The van der Waals surface area contributed by atoms with Crippen LogP contribution in [0.1, 0.15) is 23.5 Å². The number of halogens is 1. The number of hydrogen-bond donors (Lipinski definition) is 1. The van der Waals surface area contributed by atoms with Gasteiger partial charge in [-0.2, -0.15) is 0 Å². The largest absolute Gasteiger partial charge is 0.445 e. The van der Waals surface area contributed by atoms with E-state index in [9.17, 15) is 14.0 Å². The number of carbonyl (C=O) groups excluding carboxylic acids is 2. The number of nitrogens with one attached hydrogen (secondary N) is 1. The number of nitrogens with zero attached hydrogens (tertiary/aromatic N) is 2. The Morgan fingerprint density at radius 1 is 1.23 bits per heavy atom. The second-order valence-electron chi connectivity index (χ2n) is 7.92. The number of benzene rings is 2. The smallest absolute Gasteiger partial charge is 0.410 e. The summed E-state index contributed by atoms with van der Waals surface area (Å²) in [5, 5.41) is 0.914. The van der Waals surface area contributed by atoms with Gasteiger partial charge in [0.25, 0.3) is 0 Å². The highest BCUT2D eigenvalue weighted by Crippen LogP contribution is 2.42. The van der Waals surface area contributed by atoms with Gasteiger partial charge in [0.05, 0.1) is 12.1 Å². The average Bonchev–Trinajstić information content (AvgIpc) is 3.46. The van der Waals surface area contributed by atoms with Crippen molar-refractivity contribution in [2.75, 3.05) is 13.1 Å². The van der Waals surface area contributed by atoms with Gasteiger partial charge in [0.2, 0.25) is 6.41 Å². The van der Waals surface area contributed by atoms with Crippen molar-refractivity contribution >= 4 is 23.4 Å². The summed E-state index contributed by atoms with van der Waals surface area (Å²) >= 11 is 0. The maximum absolute atomic E-state index is 13.6. The van der Waals surface area contributed by atoms with E-state index in [1.807, 2.05) is 36.5 Å². The number of hydrogen-bond acceptors (Lipinski definition) is 3. The molecule has 5 rings (SSSR count). The topological polar surface area (TPSA) is 65.6 Å². The molecule has 7 heteroatoms. The first-order valence-electron chi connectivity index (χ1n) is 10.1. The third kappa shape index (κ3) is 3.10. The van der Waals surface area contributed by atoms with Crippen molar-refractivity contribution in [3.8, 4) is 0 Å². The normalized spacial score (nSPS) is 23.0. The Hall–Kier alpha value is -3.35. The molecule has 6 nitrogen and oxygen atoms in total. The molecule has 2 amide bonds. The number of ether oxygens (including phenoxy) is 1. The predicted octanol–water partition coefficient (Wildman–Crippen LogP) is 3.64. The third-order valence-electron chi connectivity index (χ3n) is 6.32. The maximum atomic E-state index is 13.6. The minimum Gasteiger partial charge on any atom is -0.445 e. The molecule has 0 unspecified atom stereocenters. The molecule has 1 N–H and O–H groups in total. The highest BCUT2D eigenvalue weighted by molar-refractivity contribution is 5.84. The number of likely N-dealkylation sites (tertiary alicyclic amines) is 2. The number of aromatic nitrogens is 1. The average molecular weight is 407 g/mol. The fourth-order valence-electron chi connectivity index (χ4n) is 4.96. The highest BCUT2D eigenvalue weighted by atomic mass is 19.1. The van der Waals surface area contributed by atoms with Gasteiger partial charge in [0.15, 0.2) is 0 Å². The second-order valence-corrected chi connectivity index (χ2v) is 7.92. The molecule has 2 aromatic carbocycles. The van der Waals surface area contributed by atoms with Crippen LogP contribution >= 0.6 is 0 Å². The molecule has 3 heterocycles. The fourth-order valence-corrected chi connectivity index (χ4v) is 4.96. The Balaban J connectivity index is 1.42. The summed E-state index contributed by atoms with van der Waals surface area (Å²) in [4.78, 5) is 31.3. The van der Waals surface area contributed by atoms with E-state index < -0.39 is 0 Å². The van der Waals surface area contributed by atoms with Crippen molar-refractivity contribution in [1.82, 2.24) is 14.8 Å². The van der Waals surface area contributed by atoms with Crippen LogP contribution in [-0.2, 0) is 16.1 Å². The van der Waals surface area contributed by atoms with Crippen LogP contribution in [0.2, 0.25) is 0 Å². The van der Waals surface area contributed by atoms with Gasteiger partial charge in [-0.25, -0.2) is 9.18 Å². The summed E-state index contributed by atoms with van der Waals surface area (Å²) in [7, 11) is 0. The SMILES string of the molecule is O=CN1CC[C@@H]2[C@H]1[C@@H](c1c[nH]c3cc(F)ccc13)CN2C(=O)OCc1ccccc1. The van der Waals surface area contributed by atoms with Crippen molar-refractivity contribution < 1.29 is 18.7 Å². The van der Waals surface area contributed by atoms with Gasteiger partial charge < -0.3 is 19.5 Å². The van der Waals surface area contributed by atoms with Crippen LogP contribution in [0.15, 0.2) is 54.7 Å². The van der Waals surface area contributed by atoms with E-state index in [1.54, 1.807) is 15.9 Å². The molecular weight excluding hydrogens is 385 g/mol. The highest BCUT2D eigenvalue weighted by Gasteiger charge is 2.51. The number of carbonyl (C=O) groups is 2. The van der Waals surface area contributed by atoms with Crippen molar-refractivity contribution in [1.29, 1.82) is 0 Å². The number of amides is 2. The molecule has 0 spiro atoms. The van der Waals surface area contributed by atoms with Gasteiger partial charge in [-0.1, -0.05) is 30.3 Å². The molecular formula is C23H22FN3O3. The van der Waals surface area contributed by atoms with E-state index >= 15 is 0 Å². The number of aromatic amines is 1. The Morgan fingerprint density at radius 2 is 2.07 bits per heavy atom. The first-order chi connectivity index (χ1) is 14.7. The van der Waals surface area contributed by atoms with Gasteiger partial charge in [0, 0.05) is 36.1 Å². The summed E-state index contributed by atoms with van der Waals surface area (Å²) in [6.07, 6.45) is 3.09. The minimum absolute atomic E-state index is 0.0637. The summed E-state index contributed by atoms with van der Waals surface area (Å²) in [6, 6.07) is 14.0. The molecule has 2 aliphatic heterocycles. The molecule has 2 saturated heterocycles. The van der Waals surface area contributed by atoms with E-state index in [0.717, 1.165) is 29.3 Å². The van der Waals surface area contributed by atoms with Crippen LogP contribution in [-0.4, -0.2) is 52.5 Å². The number of H-pyrrole nitrogens is 1. The first kappa shape index (κ1) is 18.7. The zero-order chi connectivity index (χ0) is 20.7. The van der Waals surface area contributed by atoms with Gasteiger partial charge in [0.1, 0.15) is 12.4 Å². The Labute approximate surface area is 173 Å². The Bertz CT molecular complexity index is 1080. The van der Waals surface area contributed by atoms with E-state index in [-0.39, 0.29) is 36.5 Å². The van der Waals surface area contributed by atoms with Crippen LogP contribution < -0.4 is 0 Å². The standard InChI is InChI=1S/C23H22FN3O3/c24-16-6-7-17-18(11-25-20(17)10-16)19-12-27(21-8-9-26(14-28)22(19)21)23(29)30-13-15-4-2-1-3-5-15/h1-7,10-11,14,19,21-22,25H,8-9,12-13H2/t19-,21-,22-/m1/s1. The summed E-state index contributed by atoms with van der Waals surface area (Å²) in [5.41, 5.74) is 2.63. The molecule has 0 aliphatic carbocycles. The predicted molar refractivity (Wildman–Crippen MR) is 109 cm³/mol. The van der Waals surface area contributed by atoms with Crippen LogP contribution in [0.3, 0.4) is 0 Å². The molecule has 30 heavy (non-hydrogen) atoms. The van der Waals surface area contributed by atoms with Gasteiger partial charge in [-0.3, -0.25) is 4.79 Å². The lowest BCUT2D eigenvalue weighted by Gasteiger charge is -2.25. The van der Waals surface area contributed by atoms with Crippen molar-refractivity contribution in [3.63, 3.8) is 0 Å². The van der Waals surface area contributed by atoms with Crippen molar-refractivity contribution in [2.45, 2.75) is 31.0 Å². The van der Waals surface area contributed by atoms with Crippen molar-refractivity contribution in [3.05, 3.63) is 71.7 Å². The molecule has 3 aromatic rings. The molecule has 1 aromatic heterocycles. The van der Waals surface area contributed by atoms with Gasteiger partial charge >= 0.3 is 6.09 Å². The minimum atomic E-state index is -0.366. The van der Waals surface area contributed by atoms with E-state index in [4.69, 9.17) is 4.74 Å². The monoisotopic (exact) mass is 407 g/mol. The Kier molecular flexibility index (Phi) is 4.65. The van der Waals surface area contributed by atoms with E-state index in [1.165, 1.54) is 12.1 Å². The summed E-state index contributed by atoms with van der Waals surface area (Å²) in [6.45, 7) is 1.27. The first-order valence-corrected chi connectivity index (χ1v) is 10.1. The molecule has 154 valence electrons. The number of rotatable bonds is 4. The van der Waals surface area contributed by atoms with E-state index in [2.05, 4.69) is 4.98 Å². The molecule has 2 fully saturated rings. The molecule has 0 radical (unpaired) electrons. The van der Waals surface area contributed by atoms with Crippen LogP contribution in [0.25, 0.3) is 10.9 Å². The molecule has 3 atom stereocenters. The zero-order valence-electron chi connectivity index (χ0n) is 16.3.